The van der Waals surface area contributed by atoms with Crippen LogP contribution in [0.5, 0.6) is 0 Å². The molecule has 5 nitrogen and oxygen atoms in total. The molecule has 120 valence electrons. The Morgan fingerprint density at radius 3 is 2.35 bits per heavy atom. The molecular weight excluding hydrogens is 314 g/mol. The van der Waals surface area contributed by atoms with E-state index in [0.29, 0.717) is 30.2 Å². The molecule has 3 N–H and O–H groups in total. The molecule has 0 aromatic heterocycles. The molecule has 0 unspecified atom stereocenters. The monoisotopic (exact) mass is 331 g/mol. The molecule has 0 heterocycles. The van der Waals surface area contributed by atoms with E-state index in [4.69, 9.17) is 11.6 Å². The maximum atomic E-state index is 11.8. The Bertz CT molecular complexity index is 662. The summed E-state index contributed by atoms with van der Waals surface area (Å²) in [7, 11) is 0. The number of nitrogens with one attached hydrogen (secondary N) is 3. The third-order valence-corrected chi connectivity index (χ3v) is 3.31. The van der Waals surface area contributed by atoms with Crippen molar-refractivity contribution in [3.05, 3.63) is 70.7 Å². The summed E-state index contributed by atoms with van der Waals surface area (Å²) in [6, 6.07) is 15.9. The fraction of sp³-hybridized carbons (Fsp3) is 0.176. The van der Waals surface area contributed by atoms with Gasteiger partial charge in [0.05, 0.1) is 0 Å². The van der Waals surface area contributed by atoms with Crippen LogP contribution in [0.4, 0.5) is 4.79 Å². The molecular formula is C17H18ClN3O2. The SMILES string of the molecule is O=C(NCCNC(=O)c1ccccc1)NCc1cccc(Cl)c1. The van der Waals surface area contributed by atoms with Gasteiger partial charge in [-0.2, -0.15) is 0 Å². The van der Waals surface area contributed by atoms with Gasteiger partial charge in [-0.1, -0.05) is 41.9 Å². The smallest absolute Gasteiger partial charge is 0.315 e. The van der Waals surface area contributed by atoms with Crippen LogP contribution in [0.15, 0.2) is 54.6 Å². The van der Waals surface area contributed by atoms with Gasteiger partial charge < -0.3 is 16.0 Å². The molecule has 2 aromatic carbocycles. The number of rotatable bonds is 6. The van der Waals surface area contributed by atoms with Crippen molar-refractivity contribution < 1.29 is 9.59 Å². The highest BCUT2D eigenvalue weighted by atomic mass is 35.5. The van der Waals surface area contributed by atoms with Crippen molar-refractivity contribution in [2.45, 2.75) is 6.54 Å². The van der Waals surface area contributed by atoms with E-state index in [1.165, 1.54) is 0 Å². The van der Waals surface area contributed by atoms with E-state index in [1.807, 2.05) is 18.2 Å². The Kier molecular flexibility index (Phi) is 6.44. The van der Waals surface area contributed by atoms with E-state index in [1.54, 1.807) is 36.4 Å². The normalized spacial score (nSPS) is 9.96. The zero-order valence-electron chi connectivity index (χ0n) is 12.5. The predicted molar refractivity (Wildman–Crippen MR) is 90.5 cm³/mol. The number of halogens is 1. The standard InChI is InChI=1S/C17H18ClN3O2/c18-15-8-4-5-13(11-15)12-21-17(23)20-10-9-19-16(22)14-6-2-1-3-7-14/h1-8,11H,9-10,12H2,(H,19,22)(H2,20,21,23). The lowest BCUT2D eigenvalue weighted by Crippen LogP contribution is -2.40. The van der Waals surface area contributed by atoms with Crippen molar-refractivity contribution >= 4 is 23.5 Å². The first-order valence-electron chi connectivity index (χ1n) is 7.24. The van der Waals surface area contributed by atoms with E-state index >= 15 is 0 Å². The topological polar surface area (TPSA) is 70.2 Å². The molecule has 23 heavy (non-hydrogen) atoms. The number of carbonyl (C=O) groups is 2. The van der Waals surface area contributed by atoms with Gasteiger partial charge >= 0.3 is 6.03 Å². The first-order chi connectivity index (χ1) is 11.1. The second kappa shape index (κ2) is 8.80. The molecule has 0 fully saturated rings. The molecule has 2 aromatic rings. The fourth-order valence-electron chi connectivity index (χ4n) is 1.94. The molecule has 0 atom stereocenters. The second-order valence-electron chi connectivity index (χ2n) is 4.86. The number of benzene rings is 2. The van der Waals surface area contributed by atoms with Crippen LogP contribution in [0.3, 0.4) is 0 Å². The van der Waals surface area contributed by atoms with E-state index in [2.05, 4.69) is 16.0 Å². The minimum Gasteiger partial charge on any atom is -0.350 e. The van der Waals surface area contributed by atoms with Crippen LogP contribution < -0.4 is 16.0 Å². The summed E-state index contributed by atoms with van der Waals surface area (Å²) in [6.45, 7) is 1.10. The van der Waals surface area contributed by atoms with Gasteiger partial charge in [-0.3, -0.25) is 4.79 Å². The Balaban J connectivity index is 1.62. The van der Waals surface area contributed by atoms with Gasteiger partial charge in [0.2, 0.25) is 0 Å². The molecule has 0 saturated heterocycles. The van der Waals surface area contributed by atoms with Crippen molar-refractivity contribution in [1.82, 2.24) is 16.0 Å². The Labute approximate surface area is 140 Å². The van der Waals surface area contributed by atoms with E-state index in [-0.39, 0.29) is 11.9 Å². The zero-order chi connectivity index (χ0) is 16.5. The van der Waals surface area contributed by atoms with Gasteiger partial charge in [-0.05, 0) is 29.8 Å². The minimum atomic E-state index is -0.293. The summed E-state index contributed by atoms with van der Waals surface area (Å²) < 4.78 is 0. The van der Waals surface area contributed by atoms with Crippen LogP contribution >= 0.6 is 11.6 Å². The summed E-state index contributed by atoms with van der Waals surface area (Å²) in [5.41, 5.74) is 1.52. The summed E-state index contributed by atoms with van der Waals surface area (Å²) in [5.74, 6) is -0.160. The van der Waals surface area contributed by atoms with Crippen molar-refractivity contribution in [1.29, 1.82) is 0 Å². The van der Waals surface area contributed by atoms with Crippen LogP contribution in [0.2, 0.25) is 5.02 Å². The molecule has 0 spiro atoms. The molecule has 3 amide bonds. The molecule has 0 aliphatic heterocycles. The molecule has 0 aliphatic rings. The van der Waals surface area contributed by atoms with Crippen LogP contribution in [-0.4, -0.2) is 25.0 Å². The first-order valence-corrected chi connectivity index (χ1v) is 7.62. The molecule has 0 aliphatic carbocycles. The van der Waals surface area contributed by atoms with Gasteiger partial charge in [0.15, 0.2) is 0 Å². The highest BCUT2D eigenvalue weighted by Gasteiger charge is 2.04. The lowest BCUT2D eigenvalue weighted by molar-refractivity contribution is 0.0954. The Morgan fingerprint density at radius 2 is 1.61 bits per heavy atom. The highest BCUT2D eigenvalue weighted by molar-refractivity contribution is 6.30. The zero-order valence-corrected chi connectivity index (χ0v) is 13.3. The van der Waals surface area contributed by atoms with Crippen LogP contribution in [0.25, 0.3) is 0 Å². The largest absolute Gasteiger partial charge is 0.350 e. The van der Waals surface area contributed by atoms with Gasteiger partial charge in [-0.15, -0.1) is 0 Å². The van der Waals surface area contributed by atoms with Crippen LogP contribution in [0.1, 0.15) is 15.9 Å². The lowest BCUT2D eigenvalue weighted by Gasteiger charge is -2.09. The van der Waals surface area contributed by atoms with Crippen molar-refractivity contribution in [3.8, 4) is 0 Å². The molecule has 0 saturated carbocycles. The highest BCUT2D eigenvalue weighted by Crippen LogP contribution is 2.10. The molecule has 0 bridgehead atoms. The van der Waals surface area contributed by atoms with Gasteiger partial charge in [0.25, 0.3) is 5.91 Å². The Morgan fingerprint density at radius 1 is 0.870 bits per heavy atom. The molecule has 6 heteroatoms. The molecule has 2 rings (SSSR count). The predicted octanol–water partition coefficient (Wildman–Crippen LogP) is 2.57. The van der Waals surface area contributed by atoms with Crippen LogP contribution in [0, 0.1) is 0 Å². The number of hydrogen-bond donors (Lipinski definition) is 3. The van der Waals surface area contributed by atoms with E-state index in [9.17, 15) is 9.59 Å². The fourth-order valence-corrected chi connectivity index (χ4v) is 2.15. The van der Waals surface area contributed by atoms with Crippen LogP contribution in [-0.2, 0) is 6.54 Å². The number of carbonyl (C=O) groups excluding carboxylic acids is 2. The van der Waals surface area contributed by atoms with Gasteiger partial charge in [0, 0.05) is 30.2 Å². The van der Waals surface area contributed by atoms with Crippen molar-refractivity contribution in [3.63, 3.8) is 0 Å². The number of hydrogen-bond acceptors (Lipinski definition) is 2. The summed E-state index contributed by atoms with van der Waals surface area (Å²) >= 11 is 5.87. The summed E-state index contributed by atoms with van der Waals surface area (Å²) in [6.07, 6.45) is 0. The number of urea groups is 1. The number of amides is 3. The molecule has 0 radical (unpaired) electrons. The first kappa shape index (κ1) is 16.8. The third-order valence-electron chi connectivity index (χ3n) is 3.07. The maximum absolute atomic E-state index is 11.8. The van der Waals surface area contributed by atoms with Crippen molar-refractivity contribution in [2.75, 3.05) is 13.1 Å². The minimum absolute atomic E-state index is 0.160. The summed E-state index contributed by atoms with van der Waals surface area (Å²) in [5, 5.41) is 8.77. The lowest BCUT2D eigenvalue weighted by atomic mass is 10.2. The van der Waals surface area contributed by atoms with E-state index < -0.39 is 0 Å². The average molecular weight is 332 g/mol. The van der Waals surface area contributed by atoms with Gasteiger partial charge in [0.1, 0.15) is 0 Å². The maximum Gasteiger partial charge on any atom is 0.315 e. The third kappa shape index (κ3) is 6.00. The van der Waals surface area contributed by atoms with E-state index in [0.717, 1.165) is 5.56 Å². The second-order valence-corrected chi connectivity index (χ2v) is 5.30. The van der Waals surface area contributed by atoms with Gasteiger partial charge in [-0.25, -0.2) is 4.79 Å². The van der Waals surface area contributed by atoms with Crippen molar-refractivity contribution in [2.24, 2.45) is 0 Å². The quantitative estimate of drug-likeness (QED) is 0.712. The summed E-state index contributed by atoms with van der Waals surface area (Å²) in [4.78, 5) is 23.4. The average Bonchev–Trinajstić information content (AvgIpc) is 2.57. The Hall–Kier alpha value is -2.53.